The zero-order chi connectivity index (χ0) is 15.2. The number of thioether (sulfide) groups is 1. The summed E-state index contributed by atoms with van der Waals surface area (Å²) in [6.07, 6.45) is 1.97. The minimum Gasteiger partial charge on any atom is -0.465 e. The number of carbonyl (C=O) groups is 2. The molecule has 0 aromatic heterocycles. The molecule has 0 bridgehead atoms. The van der Waals surface area contributed by atoms with E-state index in [1.165, 1.54) is 17.3 Å². The van der Waals surface area contributed by atoms with Crippen molar-refractivity contribution in [1.29, 1.82) is 0 Å². The molecule has 0 spiro atoms. The molecule has 21 heavy (non-hydrogen) atoms. The van der Waals surface area contributed by atoms with E-state index >= 15 is 0 Å². The van der Waals surface area contributed by atoms with Crippen molar-refractivity contribution in [1.82, 2.24) is 4.90 Å². The minimum absolute atomic E-state index is 0.0103. The van der Waals surface area contributed by atoms with E-state index in [4.69, 9.17) is 4.74 Å². The number of rotatable bonds is 7. The maximum atomic E-state index is 12.3. The standard InChI is InChI=1S/C16H21NO3S/c1-3-20-16(19)10-17(13-6-7-13)15(18)11-21-14-8-4-12(2)5-9-14/h4-5,8-9,13H,3,6-7,10-11H2,1-2H3. The molecule has 1 aromatic carbocycles. The molecule has 1 saturated carbocycles. The third-order valence-corrected chi connectivity index (χ3v) is 4.29. The predicted molar refractivity (Wildman–Crippen MR) is 83.3 cm³/mol. The van der Waals surface area contributed by atoms with Crippen molar-refractivity contribution >= 4 is 23.6 Å². The summed E-state index contributed by atoms with van der Waals surface area (Å²) >= 11 is 1.51. The smallest absolute Gasteiger partial charge is 0.325 e. The van der Waals surface area contributed by atoms with Gasteiger partial charge in [0.25, 0.3) is 0 Å². The number of benzene rings is 1. The van der Waals surface area contributed by atoms with Gasteiger partial charge in [0.1, 0.15) is 6.54 Å². The average Bonchev–Trinajstić information content (AvgIpc) is 3.29. The second-order valence-electron chi connectivity index (χ2n) is 5.16. The molecule has 114 valence electrons. The van der Waals surface area contributed by atoms with Gasteiger partial charge in [-0.15, -0.1) is 11.8 Å². The highest BCUT2D eigenvalue weighted by atomic mass is 32.2. The molecule has 0 atom stereocenters. The van der Waals surface area contributed by atoms with Gasteiger partial charge in [0.2, 0.25) is 5.91 Å². The lowest BCUT2D eigenvalue weighted by atomic mass is 10.2. The molecule has 0 radical (unpaired) electrons. The van der Waals surface area contributed by atoms with E-state index < -0.39 is 0 Å². The number of ether oxygens (including phenoxy) is 1. The van der Waals surface area contributed by atoms with Gasteiger partial charge in [0.05, 0.1) is 12.4 Å². The molecule has 2 rings (SSSR count). The van der Waals surface area contributed by atoms with Crippen molar-refractivity contribution in [3.05, 3.63) is 29.8 Å². The monoisotopic (exact) mass is 307 g/mol. The van der Waals surface area contributed by atoms with Crippen LogP contribution < -0.4 is 0 Å². The maximum absolute atomic E-state index is 12.3. The molecule has 1 aliphatic rings. The van der Waals surface area contributed by atoms with E-state index in [0.717, 1.165) is 17.7 Å². The molecule has 4 nitrogen and oxygen atoms in total. The van der Waals surface area contributed by atoms with E-state index in [1.54, 1.807) is 11.8 Å². The molecule has 5 heteroatoms. The topological polar surface area (TPSA) is 46.6 Å². The van der Waals surface area contributed by atoms with Crippen LogP contribution in [0.15, 0.2) is 29.2 Å². The van der Waals surface area contributed by atoms with Crippen LogP contribution in [0.5, 0.6) is 0 Å². The molecule has 0 N–H and O–H groups in total. The van der Waals surface area contributed by atoms with Gasteiger partial charge in [-0.3, -0.25) is 9.59 Å². The van der Waals surface area contributed by atoms with Crippen LogP contribution in [-0.4, -0.2) is 41.7 Å². The lowest BCUT2D eigenvalue weighted by Gasteiger charge is -2.21. The van der Waals surface area contributed by atoms with Crippen LogP contribution >= 0.6 is 11.8 Å². The summed E-state index contributed by atoms with van der Waals surface area (Å²) < 4.78 is 4.94. The first-order valence-electron chi connectivity index (χ1n) is 7.24. The number of esters is 1. The van der Waals surface area contributed by atoms with E-state index in [9.17, 15) is 9.59 Å². The maximum Gasteiger partial charge on any atom is 0.325 e. The summed E-state index contributed by atoms with van der Waals surface area (Å²) in [6.45, 7) is 4.23. The SMILES string of the molecule is CCOC(=O)CN(C(=O)CSc1ccc(C)cc1)C1CC1. The molecule has 0 saturated heterocycles. The quantitative estimate of drug-likeness (QED) is 0.574. The first-order valence-corrected chi connectivity index (χ1v) is 8.23. The summed E-state index contributed by atoms with van der Waals surface area (Å²) in [6, 6.07) is 8.31. The van der Waals surface area contributed by atoms with Crippen LogP contribution in [-0.2, 0) is 14.3 Å². The third kappa shape index (κ3) is 5.08. The Balaban J connectivity index is 1.86. The van der Waals surface area contributed by atoms with Crippen LogP contribution in [0.2, 0.25) is 0 Å². The van der Waals surface area contributed by atoms with E-state index in [1.807, 2.05) is 31.2 Å². The molecule has 0 unspecified atom stereocenters. The van der Waals surface area contributed by atoms with E-state index in [0.29, 0.717) is 12.4 Å². The summed E-state index contributed by atoms with van der Waals surface area (Å²) in [4.78, 5) is 26.6. The van der Waals surface area contributed by atoms with Gasteiger partial charge in [-0.1, -0.05) is 17.7 Å². The highest BCUT2D eigenvalue weighted by Gasteiger charge is 2.33. The van der Waals surface area contributed by atoms with Crippen LogP contribution in [0.25, 0.3) is 0 Å². The lowest BCUT2D eigenvalue weighted by molar-refractivity contribution is -0.148. The average molecular weight is 307 g/mol. The number of nitrogens with zero attached hydrogens (tertiary/aromatic N) is 1. The minimum atomic E-state index is -0.321. The number of hydrogen-bond acceptors (Lipinski definition) is 4. The van der Waals surface area contributed by atoms with Crippen molar-refractivity contribution in [2.75, 3.05) is 18.9 Å². The first kappa shape index (κ1) is 15.9. The van der Waals surface area contributed by atoms with Crippen LogP contribution in [0.1, 0.15) is 25.3 Å². The second-order valence-corrected chi connectivity index (χ2v) is 6.21. The number of aryl methyl sites for hydroxylation is 1. The Kier molecular flexibility index (Phi) is 5.67. The van der Waals surface area contributed by atoms with Crippen LogP contribution in [0, 0.1) is 6.92 Å². The van der Waals surface area contributed by atoms with Crippen molar-refractivity contribution in [2.45, 2.75) is 37.6 Å². The fraction of sp³-hybridized carbons (Fsp3) is 0.500. The molecule has 1 aliphatic carbocycles. The van der Waals surface area contributed by atoms with Gasteiger partial charge in [-0.05, 0) is 38.8 Å². The third-order valence-electron chi connectivity index (χ3n) is 3.30. The molecular formula is C16H21NO3S. The Hall–Kier alpha value is -1.49. The number of hydrogen-bond donors (Lipinski definition) is 0. The normalized spacial score (nSPS) is 13.8. The zero-order valence-electron chi connectivity index (χ0n) is 12.5. The predicted octanol–water partition coefficient (Wildman–Crippen LogP) is 2.64. The molecule has 1 fully saturated rings. The van der Waals surface area contributed by atoms with Gasteiger partial charge in [-0.25, -0.2) is 0 Å². The van der Waals surface area contributed by atoms with E-state index in [-0.39, 0.29) is 24.5 Å². The van der Waals surface area contributed by atoms with Gasteiger partial charge < -0.3 is 9.64 Å². The Morgan fingerprint density at radius 2 is 1.95 bits per heavy atom. The highest BCUT2D eigenvalue weighted by molar-refractivity contribution is 8.00. The van der Waals surface area contributed by atoms with Crippen molar-refractivity contribution < 1.29 is 14.3 Å². The molecule has 0 aliphatic heterocycles. The van der Waals surface area contributed by atoms with Crippen LogP contribution in [0.4, 0.5) is 0 Å². The van der Waals surface area contributed by atoms with Crippen molar-refractivity contribution in [3.8, 4) is 0 Å². The Morgan fingerprint density at radius 3 is 2.52 bits per heavy atom. The number of carbonyl (C=O) groups excluding carboxylic acids is 2. The molecule has 1 amide bonds. The molecule has 0 heterocycles. The summed E-state index contributed by atoms with van der Waals surface area (Å²) in [5.74, 6) is 0.0492. The van der Waals surface area contributed by atoms with E-state index in [2.05, 4.69) is 0 Å². The first-order chi connectivity index (χ1) is 10.1. The Bertz CT molecular complexity index is 497. The summed E-state index contributed by atoms with van der Waals surface area (Å²) in [7, 11) is 0. The Morgan fingerprint density at radius 1 is 1.29 bits per heavy atom. The number of amides is 1. The van der Waals surface area contributed by atoms with Crippen LogP contribution in [0.3, 0.4) is 0 Å². The highest BCUT2D eigenvalue weighted by Crippen LogP contribution is 2.28. The van der Waals surface area contributed by atoms with Gasteiger partial charge >= 0.3 is 5.97 Å². The van der Waals surface area contributed by atoms with Crippen molar-refractivity contribution in [2.24, 2.45) is 0 Å². The molecular weight excluding hydrogens is 286 g/mol. The largest absolute Gasteiger partial charge is 0.465 e. The fourth-order valence-electron chi connectivity index (χ4n) is 2.02. The van der Waals surface area contributed by atoms with Crippen molar-refractivity contribution in [3.63, 3.8) is 0 Å². The van der Waals surface area contributed by atoms with Gasteiger partial charge in [-0.2, -0.15) is 0 Å². The molecule has 1 aromatic rings. The van der Waals surface area contributed by atoms with Gasteiger partial charge in [0.15, 0.2) is 0 Å². The van der Waals surface area contributed by atoms with Gasteiger partial charge in [0, 0.05) is 10.9 Å². The summed E-state index contributed by atoms with van der Waals surface area (Å²) in [5, 5.41) is 0. The summed E-state index contributed by atoms with van der Waals surface area (Å²) in [5.41, 5.74) is 1.20. The lowest BCUT2D eigenvalue weighted by Crippen LogP contribution is -2.39. The zero-order valence-corrected chi connectivity index (χ0v) is 13.3. The second kappa shape index (κ2) is 7.50. The Labute approximate surface area is 129 Å². The fourth-order valence-corrected chi connectivity index (χ4v) is 2.80.